The number of nitrogens with zero attached hydrogens (tertiary/aromatic N) is 3. The molecule has 1 atom stereocenters. The van der Waals surface area contributed by atoms with Gasteiger partial charge in [-0.1, -0.05) is 18.2 Å². The van der Waals surface area contributed by atoms with Gasteiger partial charge in [-0.2, -0.15) is 0 Å². The molecule has 0 aliphatic carbocycles. The maximum Gasteiger partial charge on any atom is 0.295 e. The number of rotatable bonds is 7. The molecular formula is C24H21F2N3O4. The van der Waals surface area contributed by atoms with E-state index in [4.69, 9.17) is 4.74 Å². The monoisotopic (exact) mass is 453 g/mol. The molecule has 9 heteroatoms. The second kappa shape index (κ2) is 9.23. The van der Waals surface area contributed by atoms with Gasteiger partial charge in [-0.05, 0) is 30.7 Å². The van der Waals surface area contributed by atoms with Crippen LogP contribution in [0.3, 0.4) is 0 Å². The van der Waals surface area contributed by atoms with Crippen LogP contribution in [0.5, 0.6) is 5.75 Å². The lowest BCUT2D eigenvalue weighted by Gasteiger charge is -2.25. The highest BCUT2D eigenvalue weighted by molar-refractivity contribution is 6.46. The molecule has 170 valence electrons. The van der Waals surface area contributed by atoms with Gasteiger partial charge in [0, 0.05) is 31.0 Å². The molecule has 0 bridgehead atoms. The van der Waals surface area contributed by atoms with Crippen molar-refractivity contribution in [3.8, 4) is 5.75 Å². The quantitative estimate of drug-likeness (QED) is 0.335. The highest BCUT2D eigenvalue weighted by Gasteiger charge is 2.47. The molecule has 1 fully saturated rings. The van der Waals surface area contributed by atoms with Gasteiger partial charge in [0.1, 0.15) is 23.1 Å². The molecule has 4 rings (SSSR count). The Hall–Kier alpha value is -4.01. The minimum Gasteiger partial charge on any atom is -0.507 e. The van der Waals surface area contributed by atoms with E-state index >= 15 is 0 Å². The number of halogens is 2. The second-order valence-corrected chi connectivity index (χ2v) is 7.51. The van der Waals surface area contributed by atoms with Gasteiger partial charge in [0.15, 0.2) is 0 Å². The summed E-state index contributed by atoms with van der Waals surface area (Å²) in [5.74, 6) is -3.68. The Kier molecular flexibility index (Phi) is 6.21. The molecule has 7 nitrogen and oxygen atoms in total. The zero-order valence-corrected chi connectivity index (χ0v) is 17.7. The van der Waals surface area contributed by atoms with Crippen molar-refractivity contribution in [2.45, 2.75) is 19.0 Å². The van der Waals surface area contributed by atoms with Gasteiger partial charge in [0.25, 0.3) is 11.7 Å². The third kappa shape index (κ3) is 4.21. The van der Waals surface area contributed by atoms with Gasteiger partial charge in [-0.3, -0.25) is 9.59 Å². The zero-order valence-electron chi connectivity index (χ0n) is 17.7. The lowest BCUT2D eigenvalue weighted by molar-refractivity contribution is -0.140. The summed E-state index contributed by atoms with van der Waals surface area (Å²) in [6, 6.07) is 7.98. The van der Waals surface area contributed by atoms with Crippen LogP contribution < -0.4 is 4.74 Å². The van der Waals surface area contributed by atoms with E-state index in [9.17, 15) is 23.5 Å². The van der Waals surface area contributed by atoms with Crippen molar-refractivity contribution in [1.82, 2.24) is 14.5 Å². The minimum atomic E-state index is -1.18. The number of aryl methyl sites for hydroxylation is 1. The van der Waals surface area contributed by atoms with Crippen LogP contribution in [0.1, 0.15) is 23.6 Å². The van der Waals surface area contributed by atoms with E-state index in [1.54, 1.807) is 24.8 Å². The van der Waals surface area contributed by atoms with Crippen molar-refractivity contribution in [2.75, 3.05) is 13.7 Å². The Balaban J connectivity index is 1.80. The van der Waals surface area contributed by atoms with Crippen LogP contribution in [-0.4, -0.2) is 44.9 Å². The topological polar surface area (TPSA) is 84.7 Å². The number of aliphatic hydroxyl groups excluding tert-OH is 1. The largest absolute Gasteiger partial charge is 0.507 e. The molecular weight excluding hydrogens is 432 g/mol. The molecule has 33 heavy (non-hydrogen) atoms. The normalized spacial score (nSPS) is 17.5. The van der Waals surface area contributed by atoms with Crippen LogP contribution in [0.15, 0.2) is 66.8 Å². The van der Waals surface area contributed by atoms with E-state index in [0.717, 1.165) is 12.1 Å². The fraction of sp³-hybridized carbons (Fsp3) is 0.208. The number of ether oxygens (including phenoxy) is 1. The molecule has 1 aromatic heterocycles. The number of benzene rings is 2. The molecule has 0 unspecified atom stereocenters. The van der Waals surface area contributed by atoms with E-state index < -0.39 is 35.1 Å². The van der Waals surface area contributed by atoms with E-state index in [2.05, 4.69) is 4.98 Å². The molecule has 2 aromatic carbocycles. The zero-order chi connectivity index (χ0) is 23.5. The summed E-state index contributed by atoms with van der Waals surface area (Å²) in [6.45, 7) is 0.642. The fourth-order valence-corrected chi connectivity index (χ4v) is 3.98. The van der Waals surface area contributed by atoms with Crippen molar-refractivity contribution < 1.29 is 28.2 Å². The van der Waals surface area contributed by atoms with Crippen LogP contribution in [0.4, 0.5) is 8.78 Å². The van der Waals surface area contributed by atoms with Crippen molar-refractivity contribution >= 4 is 17.4 Å². The summed E-state index contributed by atoms with van der Waals surface area (Å²) in [7, 11) is 1.33. The van der Waals surface area contributed by atoms with Crippen LogP contribution >= 0.6 is 0 Å². The predicted octanol–water partition coefficient (Wildman–Crippen LogP) is 3.68. The molecule has 0 spiro atoms. The predicted molar refractivity (Wildman–Crippen MR) is 115 cm³/mol. The number of carbonyl (C=O) groups excluding carboxylic acids is 2. The van der Waals surface area contributed by atoms with Gasteiger partial charge in [0.05, 0.1) is 30.6 Å². The fourth-order valence-electron chi connectivity index (χ4n) is 3.98. The average Bonchev–Trinajstić information content (AvgIpc) is 3.41. The summed E-state index contributed by atoms with van der Waals surface area (Å²) >= 11 is 0. The van der Waals surface area contributed by atoms with Gasteiger partial charge in [-0.25, -0.2) is 13.8 Å². The number of hydrogen-bond acceptors (Lipinski definition) is 5. The summed E-state index contributed by atoms with van der Waals surface area (Å²) in [5, 5.41) is 11.1. The Bertz CT molecular complexity index is 1220. The van der Waals surface area contributed by atoms with Crippen molar-refractivity contribution in [1.29, 1.82) is 0 Å². The second-order valence-electron chi connectivity index (χ2n) is 7.51. The SMILES string of the molecule is COc1ccc(F)cc1/C(O)=C1\C(=O)C(=O)N(CCCn2ccnc2)[C@H]1c1ccccc1F. The van der Waals surface area contributed by atoms with Crippen LogP contribution in [-0.2, 0) is 16.1 Å². The number of hydrogen-bond donors (Lipinski definition) is 1. The molecule has 1 amide bonds. The van der Waals surface area contributed by atoms with Crippen LogP contribution in [0.25, 0.3) is 5.76 Å². The lowest BCUT2D eigenvalue weighted by atomic mass is 9.94. The molecule has 1 aliphatic heterocycles. The van der Waals surface area contributed by atoms with Crippen LogP contribution in [0, 0.1) is 11.6 Å². The van der Waals surface area contributed by atoms with E-state index in [0.29, 0.717) is 13.0 Å². The third-order valence-electron chi connectivity index (χ3n) is 5.53. The number of aliphatic hydroxyl groups is 1. The third-order valence-corrected chi connectivity index (χ3v) is 5.53. The number of carbonyl (C=O) groups is 2. The smallest absolute Gasteiger partial charge is 0.295 e. The Morgan fingerprint density at radius 1 is 1.15 bits per heavy atom. The molecule has 1 N–H and O–H groups in total. The number of imidazole rings is 1. The Morgan fingerprint density at radius 2 is 1.94 bits per heavy atom. The average molecular weight is 453 g/mol. The number of ketones is 1. The highest BCUT2D eigenvalue weighted by Crippen LogP contribution is 2.41. The van der Waals surface area contributed by atoms with Gasteiger partial charge < -0.3 is 19.3 Å². The van der Waals surface area contributed by atoms with Crippen molar-refractivity contribution in [3.05, 3.63) is 89.5 Å². The molecule has 0 saturated carbocycles. The first-order valence-electron chi connectivity index (χ1n) is 10.2. The molecule has 0 radical (unpaired) electrons. The van der Waals surface area contributed by atoms with Gasteiger partial charge in [-0.15, -0.1) is 0 Å². The Labute approximate surface area is 188 Å². The Morgan fingerprint density at radius 3 is 2.64 bits per heavy atom. The maximum atomic E-state index is 14.8. The molecule has 3 aromatic rings. The van der Waals surface area contributed by atoms with Crippen molar-refractivity contribution in [2.24, 2.45) is 0 Å². The first kappa shape index (κ1) is 22.2. The summed E-state index contributed by atoms with van der Waals surface area (Å²) in [6.07, 6.45) is 5.47. The highest BCUT2D eigenvalue weighted by atomic mass is 19.1. The van der Waals surface area contributed by atoms with E-state index in [1.807, 2.05) is 4.57 Å². The first-order chi connectivity index (χ1) is 15.9. The summed E-state index contributed by atoms with van der Waals surface area (Å²) in [4.78, 5) is 31.2. The summed E-state index contributed by atoms with van der Waals surface area (Å²) < 4.78 is 35.8. The first-order valence-corrected chi connectivity index (χ1v) is 10.2. The lowest BCUT2D eigenvalue weighted by Crippen LogP contribution is -2.31. The van der Waals surface area contributed by atoms with Gasteiger partial charge >= 0.3 is 0 Å². The number of Topliss-reactive ketones (excluding diaryl/α,β-unsaturated/α-hetero) is 1. The maximum absolute atomic E-state index is 14.8. The van der Waals surface area contributed by atoms with Crippen LogP contribution in [0.2, 0.25) is 0 Å². The molecule has 2 heterocycles. The number of aromatic nitrogens is 2. The minimum absolute atomic E-state index is 0.0521. The van der Waals surface area contributed by atoms with Gasteiger partial charge in [0.2, 0.25) is 0 Å². The number of methoxy groups -OCH3 is 1. The van der Waals surface area contributed by atoms with E-state index in [-0.39, 0.29) is 29.0 Å². The number of amides is 1. The molecule has 1 aliphatic rings. The standard InChI is InChI=1S/C24H21F2N3O4/c1-33-19-8-7-15(25)13-17(19)22(30)20-21(16-5-2-3-6-18(16)26)29(24(32)23(20)31)11-4-10-28-12-9-27-14-28/h2-3,5-9,12-14,21,30H,4,10-11H2,1H3/b22-20+/t21-/m0/s1. The summed E-state index contributed by atoms with van der Waals surface area (Å²) in [5.41, 5.74) is -0.372. The van der Waals surface area contributed by atoms with E-state index in [1.165, 1.54) is 36.3 Å². The van der Waals surface area contributed by atoms with Crippen molar-refractivity contribution in [3.63, 3.8) is 0 Å². The number of likely N-dealkylation sites (tertiary alicyclic amines) is 1. The molecule has 1 saturated heterocycles.